The summed E-state index contributed by atoms with van der Waals surface area (Å²) in [4.78, 5) is 11.6. The van der Waals surface area contributed by atoms with Crippen molar-refractivity contribution in [2.24, 2.45) is 0 Å². The predicted molar refractivity (Wildman–Crippen MR) is 57.4 cm³/mol. The van der Waals surface area contributed by atoms with Gasteiger partial charge in [-0.2, -0.15) is 13.2 Å². The lowest BCUT2D eigenvalue weighted by Gasteiger charge is -2.16. The zero-order valence-electron chi connectivity index (χ0n) is 9.45. The molecule has 100 valence electrons. The van der Waals surface area contributed by atoms with Crippen LogP contribution in [0.5, 0.6) is 11.5 Å². The Hall–Kier alpha value is -1.92. The molecule has 0 aromatic heterocycles. The van der Waals surface area contributed by atoms with Crippen molar-refractivity contribution in [1.82, 2.24) is 5.32 Å². The third-order valence-corrected chi connectivity index (χ3v) is 2.14. The summed E-state index contributed by atoms with van der Waals surface area (Å²) in [6, 6.07) is 2.09. The van der Waals surface area contributed by atoms with Crippen molar-refractivity contribution >= 4 is 5.91 Å². The van der Waals surface area contributed by atoms with Crippen LogP contribution in [0.3, 0.4) is 0 Å². The molecule has 7 heteroatoms. The van der Waals surface area contributed by atoms with Gasteiger partial charge in [0.15, 0.2) is 0 Å². The Morgan fingerprint density at radius 3 is 2.56 bits per heavy atom. The topological polar surface area (TPSA) is 69.6 Å². The fourth-order valence-electron chi connectivity index (χ4n) is 1.41. The number of benzene rings is 1. The number of phenolic OH excluding ortho intramolecular Hbond substituents is 2. The second-order valence-corrected chi connectivity index (χ2v) is 3.90. The number of halogens is 3. The Balaban J connectivity index is 2.74. The Morgan fingerprint density at radius 2 is 2.00 bits per heavy atom. The molecule has 0 fully saturated rings. The molecular weight excluding hydrogens is 251 g/mol. The average molecular weight is 263 g/mol. The Labute approximate surface area is 101 Å². The van der Waals surface area contributed by atoms with Gasteiger partial charge < -0.3 is 15.5 Å². The number of rotatable bonds is 3. The largest absolute Gasteiger partial charge is 0.508 e. The summed E-state index contributed by atoms with van der Waals surface area (Å²) < 4.78 is 36.2. The van der Waals surface area contributed by atoms with Gasteiger partial charge in [0.05, 0.1) is 12.0 Å². The first-order chi connectivity index (χ1) is 8.19. The molecule has 0 aliphatic heterocycles. The van der Waals surface area contributed by atoms with Crippen LogP contribution in [-0.4, -0.2) is 28.3 Å². The van der Waals surface area contributed by atoms with Crippen molar-refractivity contribution in [3.63, 3.8) is 0 Å². The molecule has 0 saturated heterocycles. The monoisotopic (exact) mass is 263 g/mol. The van der Waals surface area contributed by atoms with Crippen molar-refractivity contribution < 1.29 is 28.2 Å². The molecule has 1 amide bonds. The molecule has 0 spiro atoms. The van der Waals surface area contributed by atoms with Gasteiger partial charge in [-0.05, 0) is 25.1 Å². The molecule has 0 aliphatic carbocycles. The minimum atomic E-state index is -4.38. The van der Waals surface area contributed by atoms with E-state index in [1.807, 2.05) is 0 Å². The summed E-state index contributed by atoms with van der Waals surface area (Å²) in [7, 11) is 0. The third-order valence-electron chi connectivity index (χ3n) is 2.14. The van der Waals surface area contributed by atoms with Gasteiger partial charge in [0.25, 0.3) is 5.91 Å². The molecule has 1 aromatic carbocycles. The summed E-state index contributed by atoms with van der Waals surface area (Å²) in [5, 5.41) is 20.6. The van der Waals surface area contributed by atoms with Crippen LogP contribution < -0.4 is 5.32 Å². The highest BCUT2D eigenvalue weighted by molar-refractivity contribution is 5.97. The van der Waals surface area contributed by atoms with Gasteiger partial charge >= 0.3 is 6.18 Å². The molecule has 1 atom stereocenters. The molecule has 0 aliphatic rings. The standard InChI is InChI=1S/C11H12F3NO3/c1-6(5-11(12,13)14)15-10(18)8-4-7(16)2-3-9(8)17/h2-4,6,16-17H,5H2,1H3,(H,15,18). The molecule has 0 radical (unpaired) electrons. The van der Waals surface area contributed by atoms with Gasteiger partial charge in [0.1, 0.15) is 11.5 Å². The van der Waals surface area contributed by atoms with Crippen LogP contribution in [0.25, 0.3) is 0 Å². The number of carbonyl (C=O) groups excluding carboxylic acids is 1. The maximum Gasteiger partial charge on any atom is 0.391 e. The number of alkyl halides is 3. The lowest BCUT2D eigenvalue weighted by Crippen LogP contribution is -2.35. The first kappa shape index (κ1) is 14.1. The number of hydrogen-bond donors (Lipinski definition) is 3. The lowest BCUT2D eigenvalue weighted by molar-refractivity contribution is -0.138. The van der Waals surface area contributed by atoms with E-state index in [4.69, 9.17) is 5.11 Å². The normalized spacial score (nSPS) is 13.1. The number of aromatic hydroxyl groups is 2. The van der Waals surface area contributed by atoms with Gasteiger partial charge in [-0.3, -0.25) is 4.79 Å². The Bertz CT molecular complexity index is 446. The number of carbonyl (C=O) groups is 1. The summed E-state index contributed by atoms with van der Waals surface area (Å²) >= 11 is 0. The van der Waals surface area contributed by atoms with E-state index in [0.717, 1.165) is 18.2 Å². The first-order valence-electron chi connectivity index (χ1n) is 5.08. The van der Waals surface area contributed by atoms with E-state index in [1.165, 1.54) is 6.92 Å². The fourth-order valence-corrected chi connectivity index (χ4v) is 1.41. The number of phenols is 2. The fraction of sp³-hybridized carbons (Fsp3) is 0.364. The van der Waals surface area contributed by atoms with E-state index in [2.05, 4.69) is 5.32 Å². The molecule has 3 N–H and O–H groups in total. The molecule has 0 heterocycles. The minimum absolute atomic E-state index is 0.263. The highest BCUT2D eigenvalue weighted by atomic mass is 19.4. The van der Waals surface area contributed by atoms with E-state index in [-0.39, 0.29) is 11.3 Å². The van der Waals surface area contributed by atoms with Crippen molar-refractivity contribution in [2.75, 3.05) is 0 Å². The maximum absolute atomic E-state index is 12.1. The molecule has 0 saturated carbocycles. The molecular formula is C11H12F3NO3. The van der Waals surface area contributed by atoms with Crippen LogP contribution in [-0.2, 0) is 0 Å². The van der Waals surface area contributed by atoms with Crippen LogP contribution in [0, 0.1) is 0 Å². The third kappa shape index (κ3) is 4.15. The molecule has 18 heavy (non-hydrogen) atoms. The SMILES string of the molecule is CC(CC(F)(F)F)NC(=O)c1cc(O)ccc1O. The van der Waals surface area contributed by atoms with E-state index < -0.39 is 30.3 Å². The van der Waals surface area contributed by atoms with Crippen molar-refractivity contribution in [3.8, 4) is 11.5 Å². The van der Waals surface area contributed by atoms with Crippen LogP contribution in [0.4, 0.5) is 13.2 Å². The van der Waals surface area contributed by atoms with Crippen LogP contribution in [0.1, 0.15) is 23.7 Å². The number of hydrogen-bond acceptors (Lipinski definition) is 3. The van der Waals surface area contributed by atoms with E-state index in [0.29, 0.717) is 0 Å². The zero-order valence-corrected chi connectivity index (χ0v) is 9.45. The smallest absolute Gasteiger partial charge is 0.391 e. The van der Waals surface area contributed by atoms with Crippen LogP contribution in [0.15, 0.2) is 18.2 Å². The summed E-state index contributed by atoms with van der Waals surface area (Å²) in [6.07, 6.45) is -5.55. The second kappa shape index (κ2) is 5.16. The van der Waals surface area contributed by atoms with Crippen molar-refractivity contribution in [2.45, 2.75) is 25.6 Å². The Morgan fingerprint density at radius 1 is 1.39 bits per heavy atom. The number of nitrogens with one attached hydrogen (secondary N) is 1. The lowest BCUT2D eigenvalue weighted by atomic mass is 10.1. The molecule has 1 unspecified atom stereocenters. The maximum atomic E-state index is 12.1. The minimum Gasteiger partial charge on any atom is -0.508 e. The summed E-state index contributed by atoms with van der Waals surface area (Å²) in [5.41, 5.74) is -0.274. The van der Waals surface area contributed by atoms with Gasteiger partial charge in [-0.1, -0.05) is 0 Å². The van der Waals surface area contributed by atoms with Crippen LogP contribution >= 0.6 is 0 Å². The molecule has 1 aromatic rings. The van der Waals surface area contributed by atoms with Gasteiger partial charge in [-0.25, -0.2) is 0 Å². The van der Waals surface area contributed by atoms with Gasteiger partial charge in [0, 0.05) is 6.04 Å². The van der Waals surface area contributed by atoms with Gasteiger partial charge in [0.2, 0.25) is 0 Å². The second-order valence-electron chi connectivity index (χ2n) is 3.90. The number of amides is 1. The Kier molecular flexibility index (Phi) is 4.05. The zero-order chi connectivity index (χ0) is 13.9. The van der Waals surface area contributed by atoms with Gasteiger partial charge in [-0.15, -0.1) is 0 Å². The quantitative estimate of drug-likeness (QED) is 0.732. The molecule has 1 rings (SSSR count). The van der Waals surface area contributed by atoms with E-state index >= 15 is 0 Å². The predicted octanol–water partition coefficient (Wildman–Crippen LogP) is 2.17. The molecule has 0 bridgehead atoms. The van der Waals surface area contributed by atoms with Crippen molar-refractivity contribution in [1.29, 1.82) is 0 Å². The summed E-state index contributed by atoms with van der Waals surface area (Å²) in [5.74, 6) is -1.55. The molecule has 4 nitrogen and oxygen atoms in total. The highest BCUT2D eigenvalue weighted by Gasteiger charge is 2.30. The van der Waals surface area contributed by atoms with E-state index in [9.17, 15) is 23.1 Å². The highest BCUT2D eigenvalue weighted by Crippen LogP contribution is 2.24. The summed E-state index contributed by atoms with van der Waals surface area (Å²) in [6.45, 7) is 1.20. The van der Waals surface area contributed by atoms with Crippen molar-refractivity contribution in [3.05, 3.63) is 23.8 Å². The van der Waals surface area contributed by atoms with E-state index in [1.54, 1.807) is 0 Å². The van der Waals surface area contributed by atoms with Crippen LogP contribution in [0.2, 0.25) is 0 Å². The average Bonchev–Trinajstić information content (AvgIpc) is 2.18. The first-order valence-corrected chi connectivity index (χ1v) is 5.08.